The summed E-state index contributed by atoms with van der Waals surface area (Å²) in [6.45, 7) is 6.12. The van der Waals surface area contributed by atoms with Crippen molar-refractivity contribution in [3.05, 3.63) is 29.8 Å². The average molecular weight is 347 g/mol. The van der Waals surface area contributed by atoms with E-state index in [1.165, 1.54) is 0 Å². The van der Waals surface area contributed by atoms with Gasteiger partial charge in [0, 0.05) is 32.7 Å². The van der Waals surface area contributed by atoms with Gasteiger partial charge in [0.25, 0.3) is 0 Å². The molecule has 1 aromatic rings. The standard InChI is InChI=1S/C19H29N3O3/c1-3-4-9-20-18(23)15-21-10-12-22(13-11-21)19(24)14-16-5-7-17(25-2)8-6-16/h5-8H,3-4,9-15H2,1-2H3,(H,20,23). The molecule has 0 bridgehead atoms. The van der Waals surface area contributed by atoms with E-state index in [9.17, 15) is 9.59 Å². The number of carbonyl (C=O) groups is 2. The molecule has 2 amide bonds. The third-order valence-corrected chi connectivity index (χ3v) is 4.46. The van der Waals surface area contributed by atoms with Gasteiger partial charge in [0.05, 0.1) is 20.1 Å². The van der Waals surface area contributed by atoms with Gasteiger partial charge in [-0.05, 0) is 24.1 Å². The summed E-state index contributed by atoms with van der Waals surface area (Å²) in [5.74, 6) is 1.01. The lowest BCUT2D eigenvalue weighted by atomic mass is 10.1. The van der Waals surface area contributed by atoms with E-state index in [4.69, 9.17) is 4.74 Å². The highest BCUT2D eigenvalue weighted by Gasteiger charge is 2.22. The van der Waals surface area contributed by atoms with Crippen LogP contribution >= 0.6 is 0 Å². The fourth-order valence-electron chi connectivity index (χ4n) is 2.85. The summed E-state index contributed by atoms with van der Waals surface area (Å²) in [5, 5.41) is 2.94. The Morgan fingerprint density at radius 2 is 1.80 bits per heavy atom. The Morgan fingerprint density at radius 1 is 1.12 bits per heavy atom. The van der Waals surface area contributed by atoms with Crippen molar-refractivity contribution in [2.24, 2.45) is 0 Å². The fraction of sp³-hybridized carbons (Fsp3) is 0.579. The molecule has 0 saturated carbocycles. The fourth-order valence-corrected chi connectivity index (χ4v) is 2.85. The molecule has 0 spiro atoms. The van der Waals surface area contributed by atoms with Crippen molar-refractivity contribution in [1.29, 1.82) is 0 Å². The zero-order chi connectivity index (χ0) is 18.1. The Balaban J connectivity index is 1.71. The Hall–Kier alpha value is -2.08. The quantitative estimate of drug-likeness (QED) is 0.720. The minimum absolute atomic E-state index is 0.0754. The lowest BCUT2D eigenvalue weighted by molar-refractivity contribution is -0.132. The Kier molecular flexibility index (Phi) is 7.73. The molecule has 1 saturated heterocycles. The van der Waals surface area contributed by atoms with E-state index in [0.29, 0.717) is 26.1 Å². The molecule has 1 heterocycles. The van der Waals surface area contributed by atoms with E-state index in [2.05, 4.69) is 17.1 Å². The van der Waals surface area contributed by atoms with Crippen molar-refractivity contribution in [2.75, 3.05) is 46.4 Å². The smallest absolute Gasteiger partial charge is 0.234 e. The van der Waals surface area contributed by atoms with Gasteiger partial charge in [-0.1, -0.05) is 25.5 Å². The van der Waals surface area contributed by atoms with E-state index in [1.54, 1.807) is 7.11 Å². The molecule has 0 unspecified atom stereocenters. The minimum atomic E-state index is 0.0754. The second-order valence-corrected chi connectivity index (χ2v) is 6.39. The molecule has 1 fully saturated rings. The Morgan fingerprint density at radius 3 is 2.40 bits per heavy atom. The summed E-state index contributed by atoms with van der Waals surface area (Å²) in [6.07, 6.45) is 2.50. The number of piperazine rings is 1. The second-order valence-electron chi connectivity index (χ2n) is 6.39. The number of benzene rings is 1. The number of nitrogens with zero attached hydrogens (tertiary/aromatic N) is 2. The maximum absolute atomic E-state index is 12.4. The van der Waals surface area contributed by atoms with Crippen LogP contribution in [0.1, 0.15) is 25.3 Å². The van der Waals surface area contributed by atoms with Crippen LogP contribution in [0.4, 0.5) is 0 Å². The van der Waals surface area contributed by atoms with Gasteiger partial charge in [0.2, 0.25) is 11.8 Å². The van der Waals surface area contributed by atoms with Crippen molar-refractivity contribution in [1.82, 2.24) is 15.1 Å². The van der Waals surface area contributed by atoms with E-state index >= 15 is 0 Å². The van der Waals surface area contributed by atoms with Crippen molar-refractivity contribution in [3.63, 3.8) is 0 Å². The predicted octanol–water partition coefficient (Wildman–Crippen LogP) is 1.30. The third-order valence-electron chi connectivity index (χ3n) is 4.46. The number of methoxy groups -OCH3 is 1. The van der Waals surface area contributed by atoms with Gasteiger partial charge in [-0.3, -0.25) is 14.5 Å². The number of hydrogen-bond donors (Lipinski definition) is 1. The first-order chi connectivity index (χ1) is 12.1. The first kappa shape index (κ1) is 19.2. The highest BCUT2D eigenvalue weighted by molar-refractivity contribution is 5.79. The van der Waals surface area contributed by atoms with E-state index in [1.807, 2.05) is 29.2 Å². The van der Waals surface area contributed by atoms with Crippen LogP contribution in [-0.4, -0.2) is 68.0 Å². The first-order valence-electron chi connectivity index (χ1n) is 9.02. The predicted molar refractivity (Wildman–Crippen MR) is 97.6 cm³/mol. The van der Waals surface area contributed by atoms with Gasteiger partial charge < -0.3 is 15.0 Å². The SMILES string of the molecule is CCCCNC(=O)CN1CCN(C(=O)Cc2ccc(OC)cc2)CC1. The number of rotatable bonds is 8. The zero-order valence-electron chi connectivity index (χ0n) is 15.3. The van der Waals surface area contributed by atoms with Gasteiger partial charge in [-0.15, -0.1) is 0 Å². The highest BCUT2D eigenvalue weighted by atomic mass is 16.5. The number of amides is 2. The minimum Gasteiger partial charge on any atom is -0.497 e. The van der Waals surface area contributed by atoms with E-state index < -0.39 is 0 Å². The molecule has 1 aliphatic heterocycles. The van der Waals surface area contributed by atoms with Crippen LogP contribution in [0.15, 0.2) is 24.3 Å². The van der Waals surface area contributed by atoms with Crippen molar-refractivity contribution in [3.8, 4) is 5.75 Å². The summed E-state index contributed by atoms with van der Waals surface area (Å²) >= 11 is 0. The lowest BCUT2D eigenvalue weighted by Crippen LogP contribution is -2.51. The molecule has 0 aromatic heterocycles. The summed E-state index contributed by atoms with van der Waals surface area (Å²) in [7, 11) is 1.63. The maximum atomic E-state index is 12.4. The van der Waals surface area contributed by atoms with Crippen LogP contribution < -0.4 is 10.1 Å². The van der Waals surface area contributed by atoms with Gasteiger partial charge >= 0.3 is 0 Å². The third kappa shape index (κ3) is 6.38. The molecule has 2 rings (SSSR count). The second kappa shape index (κ2) is 10.0. The molecular formula is C19H29N3O3. The number of ether oxygens (including phenoxy) is 1. The summed E-state index contributed by atoms with van der Waals surface area (Å²) in [6, 6.07) is 7.59. The van der Waals surface area contributed by atoms with Crippen molar-refractivity contribution < 1.29 is 14.3 Å². The van der Waals surface area contributed by atoms with Gasteiger partial charge in [0.15, 0.2) is 0 Å². The number of nitrogens with one attached hydrogen (secondary N) is 1. The number of unbranched alkanes of at least 4 members (excludes halogenated alkanes) is 1. The largest absolute Gasteiger partial charge is 0.497 e. The zero-order valence-corrected chi connectivity index (χ0v) is 15.3. The monoisotopic (exact) mass is 347 g/mol. The van der Waals surface area contributed by atoms with Crippen LogP contribution in [0, 0.1) is 0 Å². The van der Waals surface area contributed by atoms with Gasteiger partial charge in [-0.2, -0.15) is 0 Å². The summed E-state index contributed by atoms with van der Waals surface area (Å²) in [5.41, 5.74) is 0.989. The highest BCUT2D eigenvalue weighted by Crippen LogP contribution is 2.13. The van der Waals surface area contributed by atoms with Crippen molar-refractivity contribution >= 4 is 11.8 Å². The summed E-state index contributed by atoms with van der Waals surface area (Å²) < 4.78 is 5.13. The maximum Gasteiger partial charge on any atom is 0.234 e. The Bertz CT molecular complexity index is 552. The molecule has 1 aromatic carbocycles. The summed E-state index contributed by atoms with van der Waals surface area (Å²) in [4.78, 5) is 28.3. The molecule has 0 radical (unpaired) electrons. The Labute approximate surface area is 150 Å². The average Bonchev–Trinajstić information content (AvgIpc) is 2.63. The molecule has 0 atom stereocenters. The van der Waals surface area contributed by atoms with E-state index in [0.717, 1.165) is 43.8 Å². The van der Waals surface area contributed by atoms with Crippen molar-refractivity contribution in [2.45, 2.75) is 26.2 Å². The molecule has 25 heavy (non-hydrogen) atoms. The lowest BCUT2D eigenvalue weighted by Gasteiger charge is -2.34. The molecular weight excluding hydrogens is 318 g/mol. The molecule has 6 nitrogen and oxygen atoms in total. The molecule has 1 aliphatic rings. The number of carbonyl (C=O) groups excluding carboxylic acids is 2. The van der Waals surface area contributed by atoms with E-state index in [-0.39, 0.29) is 11.8 Å². The van der Waals surface area contributed by atoms with Crippen LogP contribution in [0.5, 0.6) is 5.75 Å². The first-order valence-corrected chi connectivity index (χ1v) is 9.02. The van der Waals surface area contributed by atoms with Crippen LogP contribution in [0.3, 0.4) is 0 Å². The van der Waals surface area contributed by atoms with Gasteiger partial charge in [-0.25, -0.2) is 0 Å². The number of hydrogen-bond acceptors (Lipinski definition) is 4. The topological polar surface area (TPSA) is 61.9 Å². The molecule has 6 heteroatoms. The molecule has 138 valence electrons. The van der Waals surface area contributed by atoms with Crippen LogP contribution in [0.2, 0.25) is 0 Å². The normalized spacial score (nSPS) is 15.0. The van der Waals surface area contributed by atoms with Crippen LogP contribution in [-0.2, 0) is 16.0 Å². The molecule has 1 N–H and O–H groups in total. The van der Waals surface area contributed by atoms with Gasteiger partial charge in [0.1, 0.15) is 5.75 Å². The van der Waals surface area contributed by atoms with Crippen LogP contribution in [0.25, 0.3) is 0 Å². The molecule has 0 aliphatic carbocycles.